The third kappa shape index (κ3) is 2.88. The summed E-state index contributed by atoms with van der Waals surface area (Å²) in [5.41, 5.74) is 1.35. The number of hydrogen-bond donors (Lipinski definition) is 1. The van der Waals surface area contributed by atoms with E-state index >= 15 is 0 Å². The van der Waals surface area contributed by atoms with Crippen LogP contribution in [-0.4, -0.2) is 15.7 Å². The van der Waals surface area contributed by atoms with Crippen LogP contribution in [0.1, 0.15) is 45.4 Å². The van der Waals surface area contributed by atoms with Gasteiger partial charge in [-0.25, -0.2) is 0 Å². The molecular formula is C18H16F3N3OS. The van der Waals surface area contributed by atoms with Crippen LogP contribution in [-0.2, 0) is 19.6 Å². The molecule has 4 rings (SSSR count). The van der Waals surface area contributed by atoms with Crippen molar-refractivity contribution in [2.45, 2.75) is 31.5 Å². The first-order chi connectivity index (χ1) is 12.3. The summed E-state index contributed by atoms with van der Waals surface area (Å²) in [6.07, 6.45) is -1.78. The lowest BCUT2D eigenvalue weighted by molar-refractivity contribution is -0.140. The zero-order chi connectivity index (χ0) is 18.5. The minimum Gasteiger partial charge on any atom is -0.345 e. The third-order valence-electron chi connectivity index (χ3n) is 4.68. The van der Waals surface area contributed by atoms with Gasteiger partial charge in [0.2, 0.25) is 0 Å². The van der Waals surface area contributed by atoms with Crippen molar-refractivity contribution in [3.8, 4) is 0 Å². The molecule has 0 bridgehead atoms. The van der Waals surface area contributed by atoms with Crippen molar-refractivity contribution in [2.24, 2.45) is 7.05 Å². The second-order valence-corrected chi connectivity index (χ2v) is 7.45. The summed E-state index contributed by atoms with van der Waals surface area (Å²) in [6.45, 7) is 0. The highest BCUT2D eigenvalue weighted by Crippen LogP contribution is 2.38. The van der Waals surface area contributed by atoms with E-state index in [-0.39, 0.29) is 22.2 Å². The highest BCUT2D eigenvalue weighted by Gasteiger charge is 2.37. The number of fused-ring (bicyclic) bond motifs is 2. The molecule has 1 atom stereocenters. The summed E-state index contributed by atoms with van der Waals surface area (Å²) >= 11 is 1.03. The average Bonchev–Trinajstić information content (AvgIpc) is 3.15. The van der Waals surface area contributed by atoms with Crippen LogP contribution in [0.15, 0.2) is 30.3 Å². The normalized spacial score (nSPS) is 17.3. The zero-order valence-corrected chi connectivity index (χ0v) is 14.7. The lowest BCUT2D eigenvalue weighted by Crippen LogP contribution is -2.30. The number of aryl methyl sites for hydroxylation is 2. The lowest BCUT2D eigenvalue weighted by atomic mass is 9.88. The standard InChI is InChI=1S/C18H16F3N3OS/c1-24-17-12(15(23-24)18(19,20)21)9-14(26-17)16(25)22-13-8-4-6-10-5-2-3-7-11(10)13/h2-3,5,7,9,13H,4,6,8H2,1H3,(H,22,25)/t13-/m1/s1. The second-order valence-electron chi connectivity index (χ2n) is 6.42. The molecule has 8 heteroatoms. The van der Waals surface area contributed by atoms with Crippen LogP contribution in [0.4, 0.5) is 13.2 Å². The number of carbonyl (C=O) groups is 1. The van der Waals surface area contributed by atoms with E-state index in [1.807, 2.05) is 24.3 Å². The molecule has 3 aromatic rings. The summed E-state index contributed by atoms with van der Waals surface area (Å²) < 4.78 is 40.5. The van der Waals surface area contributed by atoms with E-state index in [1.54, 1.807) is 0 Å². The van der Waals surface area contributed by atoms with Crippen molar-refractivity contribution in [1.29, 1.82) is 0 Å². The number of halogens is 3. The van der Waals surface area contributed by atoms with Gasteiger partial charge in [-0.2, -0.15) is 18.3 Å². The largest absolute Gasteiger partial charge is 0.435 e. The van der Waals surface area contributed by atoms with Crippen molar-refractivity contribution < 1.29 is 18.0 Å². The van der Waals surface area contributed by atoms with Gasteiger partial charge in [-0.15, -0.1) is 11.3 Å². The maximum atomic E-state index is 13.1. The Morgan fingerprint density at radius 2 is 2.12 bits per heavy atom. The SMILES string of the molecule is Cn1nc(C(F)(F)F)c2cc(C(=O)N[C@@H]3CCCc4ccccc43)sc21. The smallest absolute Gasteiger partial charge is 0.345 e. The molecule has 0 saturated carbocycles. The van der Waals surface area contributed by atoms with E-state index in [0.717, 1.165) is 36.2 Å². The summed E-state index contributed by atoms with van der Waals surface area (Å²) in [5.74, 6) is -0.346. The average molecular weight is 379 g/mol. The quantitative estimate of drug-likeness (QED) is 0.715. The van der Waals surface area contributed by atoms with Crippen LogP contribution in [0.2, 0.25) is 0 Å². The Balaban J connectivity index is 1.64. The fourth-order valence-electron chi connectivity index (χ4n) is 3.50. The van der Waals surface area contributed by atoms with E-state index in [4.69, 9.17) is 0 Å². The summed E-state index contributed by atoms with van der Waals surface area (Å²) in [4.78, 5) is 13.3. The molecule has 1 aliphatic rings. The molecule has 2 aromatic heterocycles. The first-order valence-electron chi connectivity index (χ1n) is 8.27. The van der Waals surface area contributed by atoms with Crippen molar-refractivity contribution in [1.82, 2.24) is 15.1 Å². The highest BCUT2D eigenvalue weighted by atomic mass is 32.1. The van der Waals surface area contributed by atoms with Gasteiger partial charge >= 0.3 is 6.18 Å². The van der Waals surface area contributed by atoms with Gasteiger partial charge < -0.3 is 5.32 Å². The first-order valence-corrected chi connectivity index (χ1v) is 9.08. The Morgan fingerprint density at radius 1 is 1.35 bits per heavy atom. The van der Waals surface area contributed by atoms with Gasteiger partial charge in [0.25, 0.3) is 5.91 Å². The van der Waals surface area contributed by atoms with Crippen LogP contribution in [0.25, 0.3) is 10.2 Å². The molecule has 4 nitrogen and oxygen atoms in total. The maximum Gasteiger partial charge on any atom is 0.435 e. The summed E-state index contributed by atoms with van der Waals surface area (Å²) in [6, 6.07) is 9.13. The van der Waals surface area contributed by atoms with E-state index in [1.165, 1.54) is 23.4 Å². The topological polar surface area (TPSA) is 46.9 Å². The molecule has 0 fully saturated rings. The minimum atomic E-state index is -4.55. The highest BCUT2D eigenvalue weighted by molar-refractivity contribution is 7.20. The summed E-state index contributed by atoms with van der Waals surface area (Å²) in [7, 11) is 1.45. The molecule has 0 unspecified atom stereocenters. The number of amides is 1. The van der Waals surface area contributed by atoms with Crippen molar-refractivity contribution in [3.63, 3.8) is 0 Å². The number of carbonyl (C=O) groups excluding carboxylic acids is 1. The molecule has 0 spiro atoms. The predicted octanol–water partition coefficient (Wildman–Crippen LogP) is 4.46. The molecule has 0 aliphatic heterocycles. The Hall–Kier alpha value is -2.35. The molecule has 1 aliphatic carbocycles. The van der Waals surface area contributed by atoms with Gasteiger partial charge in [0.1, 0.15) is 4.83 Å². The third-order valence-corrected chi connectivity index (χ3v) is 5.88. The minimum absolute atomic E-state index is 0.0285. The van der Waals surface area contributed by atoms with Crippen molar-refractivity contribution in [2.75, 3.05) is 0 Å². The van der Waals surface area contributed by atoms with Crippen LogP contribution in [0.3, 0.4) is 0 Å². The van der Waals surface area contributed by atoms with Gasteiger partial charge in [0.05, 0.1) is 10.9 Å². The van der Waals surface area contributed by atoms with Crippen molar-refractivity contribution >= 4 is 27.5 Å². The van der Waals surface area contributed by atoms with E-state index in [2.05, 4.69) is 10.4 Å². The fourth-order valence-corrected chi connectivity index (χ4v) is 4.47. The van der Waals surface area contributed by atoms with Crippen LogP contribution < -0.4 is 5.32 Å². The molecule has 1 amide bonds. The number of nitrogens with one attached hydrogen (secondary N) is 1. The maximum absolute atomic E-state index is 13.1. The van der Waals surface area contributed by atoms with Gasteiger partial charge in [0.15, 0.2) is 5.69 Å². The number of alkyl halides is 3. The van der Waals surface area contributed by atoms with Gasteiger partial charge in [-0.1, -0.05) is 24.3 Å². The first kappa shape index (κ1) is 17.1. The molecule has 136 valence electrons. The molecular weight excluding hydrogens is 363 g/mol. The molecule has 1 N–H and O–H groups in total. The number of nitrogens with zero attached hydrogens (tertiary/aromatic N) is 2. The molecule has 26 heavy (non-hydrogen) atoms. The van der Waals surface area contributed by atoms with Gasteiger partial charge in [-0.05, 0) is 36.5 Å². The number of benzene rings is 1. The molecule has 0 radical (unpaired) electrons. The Bertz CT molecular complexity index is 989. The van der Waals surface area contributed by atoms with Gasteiger partial charge in [-0.3, -0.25) is 9.48 Å². The van der Waals surface area contributed by atoms with Crippen LogP contribution in [0, 0.1) is 0 Å². The number of aromatic nitrogens is 2. The number of thiophene rings is 1. The molecule has 1 aromatic carbocycles. The summed E-state index contributed by atoms with van der Waals surface area (Å²) in [5, 5.41) is 6.49. The second kappa shape index (κ2) is 6.12. The van der Waals surface area contributed by atoms with Crippen LogP contribution in [0.5, 0.6) is 0 Å². The number of rotatable bonds is 2. The lowest BCUT2D eigenvalue weighted by Gasteiger charge is -2.26. The molecule has 0 saturated heterocycles. The van der Waals surface area contributed by atoms with E-state index in [0.29, 0.717) is 4.83 Å². The van der Waals surface area contributed by atoms with Crippen LogP contribution >= 0.6 is 11.3 Å². The molecule has 2 heterocycles. The zero-order valence-electron chi connectivity index (χ0n) is 13.9. The van der Waals surface area contributed by atoms with Gasteiger partial charge in [0, 0.05) is 12.4 Å². The number of hydrogen-bond acceptors (Lipinski definition) is 3. The predicted molar refractivity (Wildman–Crippen MR) is 93.2 cm³/mol. The Kier molecular flexibility index (Phi) is 4.02. The van der Waals surface area contributed by atoms with E-state index < -0.39 is 11.9 Å². The fraction of sp³-hybridized carbons (Fsp3) is 0.333. The Morgan fingerprint density at radius 3 is 2.88 bits per heavy atom. The Labute approximate surface area is 151 Å². The van der Waals surface area contributed by atoms with Crippen molar-refractivity contribution in [3.05, 3.63) is 52.0 Å². The van der Waals surface area contributed by atoms with E-state index in [9.17, 15) is 18.0 Å². The monoisotopic (exact) mass is 379 g/mol.